The van der Waals surface area contributed by atoms with Gasteiger partial charge in [0.25, 0.3) is 0 Å². The second-order valence-electron chi connectivity index (χ2n) is 3.80. The third-order valence-corrected chi connectivity index (χ3v) is 2.51. The van der Waals surface area contributed by atoms with Crippen LogP contribution in [0.15, 0.2) is 36.5 Å². The van der Waals surface area contributed by atoms with Crippen molar-refractivity contribution in [3.63, 3.8) is 0 Å². The molecule has 90 valence electrons. The highest BCUT2D eigenvalue weighted by Crippen LogP contribution is 2.10. The summed E-state index contributed by atoms with van der Waals surface area (Å²) in [6.45, 7) is 0. The van der Waals surface area contributed by atoms with E-state index in [4.69, 9.17) is 5.26 Å². The number of nitrogens with zero attached hydrogens (tertiary/aromatic N) is 2. The SMILES string of the molecule is N#Cc1cn[nH]c1NC(=O)CCc1ccccc1. The van der Waals surface area contributed by atoms with Gasteiger partial charge in [-0.1, -0.05) is 30.3 Å². The number of carbonyl (C=O) groups excluding carboxylic acids is 1. The maximum absolute atomic E-state index is 11.7. The van der Waals surface area contributed by atoms with Crippen LogP contribution in [0.5, 0.6) is 0 Å². The molecule has 1 aromatic heterocycles. The van der Waals surface area contributed by atoms with Gasteiger partial charge in [-0.05, 0) is 12.0 Å². The lowest BCUT2D eigenvalue weighted by atomic mass is 10.1. The van der Waals surface area contributed by atoms with Gasteiger partial charge in [0.2, 0.25) is 5.91 Å². The molecule has 1 amide bonds. The second-order valence-corrected chi connectivity index (χ2v) is 3.80. The first-order valence-corrected chi connectivity index (χ1v) is 5.57. The average molecular weight is 240 g/mol. The lowest BCUT2D eigenvalue weighted by Gasteiger charge is -2.03. The Morgan fingerprint density at radius 1 is 1.39 bits per heavy atom. The van der Waals surface area contributed by atoms with Gasteiger partial charge in [0.15, 0.2) is 0 Å². The van der Waals surface area contributed by atoms with Crippen molar-refractivity contribution in [3.8, 4) is 6.07 Å². The Labute approximate surface area is 104 Å². The maximum atomic E-state index is 11.7. The molecule has 0 aliphatic carbocycles. The number of nitriles is 1. The predicted molar refractivity (Wildman–Crippen MR) is 66.7 cm³/mol. The molecule has 0 spiro atoms. The number of anilines is 1. The van der Waals surface area contributed by atoms with Crippen LogP contribution < -0.4 is 5.32 Å². The summed E-state index contributed by atoms with van der Waals surface area (Å²) in [5.41, 5.74) is 1.45. The highest BCUT2D eigenvalue weighted by atomic mass is 16.1. The Kier molecular flexibility index (Phi) is 3.72. The van der Waals surface area contributed by atoms with Crippen molar-refractivity contribution < 1.29 is 4.79 Å². The number of rotatable bonds is 4. The Hall–Kier alpha value is -2.61. The van der Waals surface area contributed by atoms with E-state index in [1.165, 1.54) is 6.20 Å². The normalized spacial score (nSPS) is 9.72. The van der Waals surface area contributed by atoms with Gasteiger partial charge in [0, 0.05) is 6.42 Å². The van der Waals surface area contributed by atoms with Gasteiger partial charge in [-0.15, -0.1) is 0 Å². The smallest absolute Gasteiger partial charge is 0.225 e. The standard InChI is InChI=1S/C13H12N4O/c14-8-11-9-15-17-13(11)16-12(18)7-6-10-4-2-1-3-5-10/h1-5,9H,6-7H2,(H2,15,16,17,18). The summed E-state index contributed by atoms with van der Waals surface area (Å²) < 4.78 is 0. The van der Waals surface area contributed by atoms with Gasteiger partial charge in [-0.25, -0.2) is 0 Å². The molecule has 0 atom stereocenters. The van der Waals surface area contributed by atoms with Crippen molar-refractivity contribution in [2.24, 2.45) is 0 Å². The Morgan fingerprint density at radius 2 is 2.17 bits per heavy atom. The maximum Gasteiger partial charge on any atom is 0.225 e. The molecule has 2 rings (SSSR count). The fourth-order valence-electron chi connectivity index (χ4n) is 1.57. The monoisotopic (exact) mass is 240 g/mol. The molecule has 5 nitrogen and oxygen atoms in total. The van der Waals surface area contributed by atoms with E-state index >= 15 is 0 Å². The Bertz CT molecular complexity index is 568. The summed E-state index contributed by atoms with van der Waals surface area (Å²) >= 11 is 0. The quantitative estimate of drug-likeness (QED) is 0.855. The molecule has 0 unspecified atom stereocenters. The first-order chi connectivity index (χ1) is 8.79. The van der Waals surface area contributed by atoms with Crippen LogP contribution in [0.3, 0.4) is 0 Å². The molecular weight excluding hydrogens is 228 g/mol. The second kappa shape index (κ2) is 5.64. The van der Waals surface area contributed by atoms with Gasteiger partial charge in [0.1, 0.15) is 17.5 Å². The fraction of sp³-hybridized carbons (Fsp3) is 0.154. The molecule has 0 saturated carbocycles. The lowest BCUT2D eigenvalue weighted by Crippen LogP contribution is -2.13. The number of aromatic amines is 1. The number of hydrogen-bond acceptors (Lipinski definition) is 3. The lowest BCUT2D eigenvalue weighted by molar-refractivity contribution is -0.116. The molecule has 0 fully saturated rings. The van der Waals surface area contributed by atoms with E-state index in [2.05, 4.69) is 15.5 Å². The van der Waals surface area contributed by atoms with Gasteiger partial charge in [-0.3, -0.25) is 9.89 Å². The van der Waals surface area contributed by atoms with Crippen LogP contribution in [0.1, 0.15) is 17.5 Å². The molecule has 0 aliphatic rings. The molecule has 18 heavy (non-hydrogen) atoms. The largest absolute Gasteiger partial charge is 0.310 e. The molecule has 1 aromatic carbocycles. The van der Waals surface area contributed by atoms with Crippen molar-refractivity contribution in [2.45, 2.75) is 12.8 Å². The van der Waals surface area contributed by atoms with Gasteiger partial charge in [0.05, 0.1) is 6.20 Å². The molecule has 2 aromatic rings. The highest BCUT2D eigenvalue weighted by Gasteiger charge is 2.08. The number of benzene rings is 1. The molecule has 2 N–H and O–H groups in total. The summed E-state index contributed by atoms with van der Waals surface area (Å²) in [5.74, 6) is 0.218. The zero-order valence-electron chi connectivity index (χ0n) is 9.68. The first-order valence-electron chi connectivity index (χ1n) is 5.57. The number of hydrogen-bond donors (Lipinski definition) is 2. The topological polar surface area (TPSA) is 81.6 Å². The highest BCUT2D eigenvalue weighted by molar-refractivity contribution is 5.91. The molecule has 0 aliphatic heterocycles. The number of aryl methyl sites for hydroxylation is 1. The minimum Gasteiger partial charge on any atom is -0.310 e. The van der Waals surface area contributed by atoms with Crippen LogP contribution >= 0.6 is 0 Å². The van der Waals surface area contributed by atoms with E-state index in [1.54, 1.807) is 0 Å². The minimum absolute atomic E-state index is 0.139. The zero-order chi connectivity index (χ0) is 12.8. The van der Waals surface area contributed by atoms with Gasteiger partial charge < -0.3 is 5.32 Å². The van der Waals surface area contributed by atoms with E-state index < -0.39 is 0 Å². The van der Waals surface area contributed by atoms with Gasteiger partial charge in [-0.2, -0.15) is 10.4 Å². The summed E-state index contributed by atoms with van der Waals surface area (Å²) in [4.78, 5) is 11.7. The van der Waals surface area contributed by atoms with Crippen LogP contribution in [0.2, 0.25) is 0 Å². The number of carbonyl (C=O) groups is 1. The number of nitrogens with one attached hydrogen (secondary N) is 2. The van der Waals surface area contributed by atoms with E-state index in [-0.39, 0.29) is 5.91 Å². The fourth-order valence-corrected chi connectivity index (χ4v) is 1.57. The van der Waals surface area contributed by atoms with Crippen LogP contribution in [-0.4, -0.2) is 16.1 Å². The Morgan fingerprint density at radius 3 is 2.89 bits per heavy atom. The summed E-state index contributed by atoms with van der Waals surface area (Å²) in [6.07, 6.45) is 2.42. The summed E-state index contributed by atoms with van der Waals surface area (Å²) in [5, 5.41) is 17.7. The summed E-state index contributed by atoms with van der Waals surface area (Å²) in [6, 6.07) is 11.7. The van der Waals surface area contributed by atoms with Crippen LogP contribution in [0, 0.1) is 11.3 Å². The summed E-state index contributed by atoms with van der Waals surface area (Å²) in [7, 11) is 0. The van der Waals surface area contributed by atoms with Crippen LogP contribution in [0.4, 0.5) is 5.82 Å². The number of aromatic nitrogens is 2. The molecule has 0 radical (unpaired) electrons. The van der Waals surface area contributed by atoms with Crippen LogP contribution in [0.25, 0.3) is 0 Å². The van der Waals surface area contributed by atoms with Crippen molar-refractivity contribution in [2.75, 3.05) is 5.32 Å². The van der Waals surface area contributed by atoms with Crippen molar-refractivity contribution in [1.82, 2.24) is 10.2 Å². The van der Waals surface area contributed by atoms with E-state index in [0.717, 1.165) is 5.56 Å². The molecule has 0 saturated heterocycles. The van der Waals surface area contributed by atoms with Crippen molar-refractivity contribution in [1.29, 1.82) is 5.26 Å². The average Bonchev–Trinajstić information content (AvgIpc) is 2.85. The van der Waals surface area contributed by atoms with Crippen molar-refractivity contribution in [3.05, 3.63) is 47.7 Å². The van der Waals surface area contributed by atoms with E-state index in [9.17, 15) is 4.79 Å². The Balaban J connectivity index is 1.88. The first kappa shape index (κ1) is 11.9. The van der Waals surface area contributed by atoms with Crippen molar-refractivity contribution >= 4 is 11.7 Å². The third-order valence-electron chi connectivity index (χ3n) is 2.51. The van der Waals surface area contributed by atoms with Crippen LogP contribution in [-0.2, 0) is 11.2 Å². The molecular formula is C13H12N4O. The minimum atomic E-state index is -0.139. The third kappa shape index (κ3) is 2.95. The number of H-pyrrole nitrogens is 1. The van der Waals surface area contributed by atoms with E-state index in [0.29, 0.717) is 24.2 Å². The molecule has 5 heteroatoms. The van der Waals surface area contributed by atoms with E-state index in [1.807, 2.05) is 36.4 Å². The molecule has 1 heterocycles. The number of amides is 1. The zero-order valence-corrected chi connectivity index (χ0v) is 9.68. The predicted octanol–water partition coefficient (Wildman–Crippen LogP) is 1.85. The molecule has 0 bridgehead atoms. The van der Waals surface area contributed by atoms with Gasteiger partial charge >= 0.3 is 0 Å².